The summed E-state index contributed by atoms with van der Waals surface area (Å²) >= 11 is 12.1. The Balaban J connectivity index is 1.68. The predicted octanol–water partition coefficient (Wildman–Crippen LogP) is 5.81. The van der Waals surface area contributed by atoms with E-state index >= 15 is 0 Å². The fourth-order valence-electron chi connectivity index (χ4n) is 2.48. The number of nitrogens with zero attached hydrogens (tertiary/aromatic N) is 1. The third-order valence-electron chi connectivity index (χ3n) is 3.88. The van der Waals surface area contributed by atoms with Crippen LogP contribution in [0.4, 0.5) is 11.4 Å². The zero-order chi connectivity index (χ0) is 18.5. The first-order chi connectivity index (χ1) is 12.5. The number of pyridine rings is 1. The Kier molecular flexibility index (Phi) is 5.76. The third-order valence-corrected chi connectivity index (χ3v) is 4.51. The number of halogens is 2. The first-order valence-corrected chi connectivity index (χ1v) is 8.83. The summed E-state index contributed by atoms with van der Waals surface area (Å²) < 4.78 is 0. The molecular formula is C20H17Cl2N3O. The first kappa shape index (κ1) is 18.2. The Labute approximate surface area is 162 Å². The number of carbonyl (C=O) groups excluding carboxylic acids is 1. The average Bonchev–Trinajstić information content (AvgIpc) is 2.66. The smallest absolute Gasteiger partial charge is 0.274 e. The molecule has 26 heavy (non-hydrogen) atoms. The number of nitrogens with one attached hydrogen (secondary N) is 2. The van der Waals surface area contributed by atoms with Crippen molar-refractivity contribution in [1.82, 2.24) is 4.98 Å². The van der Waals surface area contributed by atoms with E-state index in [2.05, 4.69) is 34.7 Å². The van der Waals surface area contributed by atoms with Gasteiger partial charge in [0.05, 0.1) is 27.6 Å². The van der Waals surface area contributed by atoms with E-state index in [1.165, 1.54) is 5.56 Å². The van der Waals surface area contributed by atoms with Crippen LogP contribution in [0.2, 0.25) is 10.0 Å². The van der Waals surface area contributed by atoms with E-state index in [0.29, 0.717) is 15.7 Å². The maximum atomic E-state index is 12.4. The molecule has 1 heterocycles. The molecule has 2 N–H and O–H groups in total. The molecule has 2 aromatic carbocycles. The first-order valence-electron chi connectivity index (χ1n) is 8.07. The van der Waals surface area contributed by atoms with Crippen molar-refractivity contribution in [2.75, 3.05) is 10.6 Å². The Morgan fingerprint density at radius 1 is 0.962 bits per heavy atom. The lowest BCUT2D eigenvalue weighted by atomic mass is 10.1. The highest BCUT2D eigenvalue weighted by atomic mass is 35.5. The number of para-hydroxylation sites is 1. The van der Waals surface area contributed by atoms with Gasteiger partial charge >= 0.3 is 0 Å². The molecule has 4 nitrogen and oxygen atoms in total. The number of aromatic nitrogens is 1. The highest BCUT2D eigenvalue weighted by molar-refractivity contribution is 6.40. The van der Waals surface area contributed by atoms with Crippen LogP contribution < -0.4 is 10.6 Å². The van der Waals surface area contributed by atoms with E-state index in [4.69, 9.17) is 23.2 Å². The summed E-state index contributed by atoms with van der Waals surface area (Å²) in [7, 11) is 0. The van der Waals surface area contributed by atoms with Crippen molar-refractivity contribution in [3.63, 3.8) is 0 Å². The number of amides is 1. The Morgan fingerprint density at radius 3 is 2.27 bits per heavy atom. The van der Waals surface area contributed by atoms with Gasteiger partial charge in [-0.3, -0.25) is 4.79 Å². The van der Waals surface area contributed by atoms with E-state index in [1.807, 2.05) is 24.3 Å². The highest BCUT2D eigenvalue weighted by Gasteiger charge is 2.13. The van der Waals surface area contributed by atoms with Crippen molar-refractivity contribution in [2.24, 2.45) is 0 Å². The number of carbonyl (C=O) groups is 1. The van der Waals surface area contributed by atoms with Gasteiger partial charge in [-0.1, -0.05) is 59.6 Å². The zero-order valence-electron chi connectivity index (χ0n) is 14.0. The van der Waals surface area contributed by atoms with Crippen LogP contribution >= 0.6 is 23.2 Å². The van der Waals surface area contributed by atoms with Crippen molar-refractivity contribution >= 4 is 40.5 Å². The van der Waals surface area contributed by atoms with Crippen molar-refractivity contribution in [2.45, 2.75) is 13.0 Å². The van der Waals surface area contributed by atoms with Gasteiger partial charge in [-0.25, -0.2) is 4.98 Å². The van der Waals surface area contributed by atoms with Gasteiger partial charge in [0.15, 0.2) is 0 Å². The molecule has 0 spiro atoms. The minimum absolute atomic E-state index is 0.125. The molecule has 0 aliphatic heterocycles. The summed E-state index contributed by atoms with van der Waals surface area (Å²) in [5, 5.41) is 6.80. The van der Waals surface area contributed by atoms with Gasteiger partial charge in [0.25, 0.3) is 5.91 Å². The summed E-state index contributed by atoms with van der Waals surface area (Å²) in [5.74, 6) is -0.373. The lowest BCUT2D eigenvalue weighted by Gasteiger charge is -2.15. The van der Waals surface area contributed by atoms with E-state index in [-0.39, 0.29) is 17.6 Å². The van der Waals surface area contributed by atoms with Crippen molar-refractivity contribution in [3.8, 4) is 0 Å². The van der Waals surface area contributed by atoms with Crippen LogP contribution in [0.25, 0.3) is 0 Å². The summed E-state index contributed by atoms with van der Waals surface area (Å²) in [6, 6.07) is 18.7. The Morgan fingerprint density at radius 2 is 1.65 bits per heavy atom. The summed E-state index contributed by atoms with van der Waals surface area (Å²) in [6.45, 7) is 2.06. The van der Waals surface area contributed by atoms with Gasteiger partial charge in [0.2, 0.25) is 0 Å². The normalized spacial score (nSPS) is 11.7. The molecule has 0 fully saturated rings. The zero-order valence-corrected chi connectivity index (χ0v) is 15.6. The van der Waals surface area contributed by atoms with Crippen LogP contribution in [0, 0.1) is 0 Å². The molecule has 0 aliphatic rings. The SMILES string of the molecule is CC(Nc1ccc(C(=O)Nc2c(Cl)cccc2Cl)nc1)c1ccccc1. The second-order valence-electron chi connectivity index (χ2n) is 5.76. The van der Waals surface area contributed by atoms with Gasteiger partial charge in [-0.05, 0) is 36.8 Å². The molecule has 1 unspecified atom stereocenters. The van der Waals surface area contributed by atoms with E-state index in [9.17, 15) is 4.79 Å². The molecule has 6 heteroatoms. The summed E-state index contributed by atoms with van der Waals surface area (Å²) in [6.07, 6.45) is 1.63. The summed E-state index contributed by atoms with van der Waals surface area (Å²) in [5.41, 5.74) is 2.65. The van der Waals surface area contributed by atoms with Crippen LogP contribution in [0.15, 0.2) is 66.9 Å². The predicted molar refractivity (Wildman–Crippen MR) is 107 cm³/mol. The minimum atomic E-state index is -0.373. The lowest BCUT2D eigenvalue weighted by molar-refractivity contribution is 0.102. The second-order valence-corrected chi connectivity index (χ2v) is 6.57. The third kappa shape index (κ3) is 4.34. The van der Waals surface area contributed by atoms with E-state index in [1.54, 1.807) is 30.5 Å². The van der Waals surface area contributed by atoms with Crippen LogP contribution in [0.3, 0.4) is 0 Å². The number of hydrogen-bond acceptors (Lipinski definition) is 3. The maximum Gasteiger partial charge on any atom is 0.274 e. The maximum absolute atomic E-state index is 12.4. The molecule has 1 aromatic heterocycles. The number of anilines is 2. The van der Waals surface area contributed by atoms with Gasteiger partial charge in [0.1, 0.15) is 5.69 Å². The molecule has 3 aromatic rings. The average molecular weight is 386 g/mol. The van der Waals surface area contributed by atoms with Crippen molar-refractivity contribution in [1.29, 1.82) is 0 Å². The topological polar surface area (TPSA) is 54.0 Å². The molecule has 1 amide bonds. The molecule has 1 atom stereocenters. The minimum Gasteiger partial charge on any atom is -0.377 e. The van der Waals surface area contributed by atoms with Crippen molar-refractivity contribution in [3.05, 3.63) is 88.2 Å². The number of rotatable bonds is 5. The fourth-order valence-corrected chi connectivity index (χ4v) is 2.98. The van der Waals surface area contributed by atoms with Crippen molar-refractivity contribution < 1.29 is 4.79 Å². The van der Waals surface area contributed by atoms with Gasteiger partial charge in [-0.2, -0.15) is 0 Å². The van der Waals surface area contributed by atoms with Crippen LogP contribution in [-0.4, -0.2) is 10.9 Å². The van der Waals surface area contributed by atoms with Crippen LogP contribution in [0.5, 0.6) is 0 Å². The number of hydrogen-bond donors (Lipinski definition) is 2. The van der Waals surface area contributed by atoms with E-state index in [0.717, 1.165) is 5.69 Å². The molecule has 3 rings (SSSR count). The summed E-state index contributed by atoms with van der Waals surface area (Å²) in [4.78, 5) is 16.6. The van der Waals surface area contributed by atoms with Gasteiger partial charge in [0, 0.05) is 6.04 Å². The molecule has 0 saturated heterocycles. The number of benzene rings is 2. The molecule has 0 saturated carbocycles. The molecular weight excluding hydrogens is 369 g/mol. The van der Waals surface area contributed by atoms with E-state index < -0.39 is 0 Å². The largest absolute Gasteiger partial charge is 0.377 e. The van der Waals surface area contributed by atoms with Gasteiger partial charge < -0.3 is 10.6 Å². The molecule has 0 bridgehead atoms. The van der Waals surface area contributed by atoms with Crippen LogP contribution in [-0.2, 0) is 0 Å². The second kappa shape index (κ2) is 8.21. The highest BCUT2D eigenvalue weighted by Crippen LogP contribution is 2.30. The Hall–Kier alpha value is -2.56. The van der Waals surface area contributed by atoms with Gasteiger partial charge in [-0.15, -0.1) is 0 Å². The lowest BCUT2D eigenvalue weighted by Crippen LogP contribution is -2.14. The fraction of sp³-hybridized carbons (Fsp3) is 0.100. The standard InChI is InChI=1S/C20H17Cl2N3O/c1-13(14-6-3-2-4-7-14)24-15-10-11-18(23-12-15)20(26)25-19-16(21)8-5-9-17(19)22/h2-13,24H,1H3,(H,25,26). The molecule has 0 radical (unpaired) electrons. The monoisotopic (exact) mass is 385 g/mol. The quantitative estimate of drug-likeness (QED) is 0.582. The molecule has 132 valence electrons. The Bertz CT molecular complexity index is 878. The molecule has 0 aliphatic carbocycles. The van der Waals surface area contributed by atoms with Crippen LogP contribution in [0.1, 0.15) is 29.0 Å².